The molecule has 2 fully saturated rings. The van der Waals surface area contributed by atoms with E-state index >= 15 is 0 Å². The molecule has 2 saturated heterocycles. The molecule has 144 valence electrons. The summed E-state index contributed by atoms with van der Waals surface area (Å²) < 4.78 is 0. The molecule has 3 rings (SSSR count). The molecular formula is C21H34N4O. The monoisotopic (exact) mass is 358 g/mol. The molecular weight excluding hydrogens is 324 g/mol. The number of piperidine rings is 1. The number of rotatable bonds is 5. The lowest BCUT2D eigenvalue weighted by Crippen LogP contribution is -2.43. The van der Waals surface area contributed by atoms with E-state index in [0.717, 1.165) is 50.3 Å². The summed E-state index contributed by atoms with van der Waals surface area (Å²) in [7, 11) is 2.20. The molecule has 0 radical (unpaired) electrons. The molecule has 0 unspecified atom stereocenters. The van der Waals surface area contributed by atoms with Crippen LogP contribution in [0.3, 0.4) is 0 Å². The van der Waals surface area contributed by atoms with Crippen LogP contribution in [0.1, 0.15) is 49.4 Å². The molecule has 26 heavy (non-hydrogen) atoms. The molecule has 0 aromatic carbocycles. The summed E-state index contributed by atoms with van der Waals surface area (Å²) in [5, 5.41) is 3.18. The smallest absolute Gasteiger partial charge is 0.237 e. The van der Waals surface area contributed by atoms with Gasteiger partial charge in [-0.25, -0.2) is 0 Å². The summed E-state index contributed by atoms with van der Waals surface area (Å²) in [5.74, 6) is 0.187. The van der Waals surface area contributed by atoms with E-state index in [4.69, 9.17) is 0 Å². The number of pyridine rings is 1. The van der Waals surface area contributed by atoms with Crippen molar-refractivity contribution in [2.24, 2.45) is 5.41 Å². The van der Waals surface area contributed by atoms with Gasteiger partial charge in [0.15, 0.2) is 0 Å². The Morgan fingerprint density at radius 1 is 1.35 bits per heavy atom. The Kier molecular flexibility index (Phi) is 5.98. The molecule has 2 aliphatic rings. The molecule has 1 atom stereocenters. The van der Waals surface area contributed by atoms with Gasteiger partial charge >= 0.3 is 0 Å². The van der Waals surface area contributed by atoms with Gasteiger partial charge in [-0.2, -0.15) is 0 Å². The highest BCUT2D eigenvalue weighted by atomic mass is 16.2. The number of hydrogen-bond donors (Lipinski definition) is 1. The van der Waals surface area contributed by atoms with Crippen LogP contribution >= 0.6 is 0 Å². The third kappa shape index (κ3) is 4.26. The van der Waals surface area contributed by atoms with Crippen molar-refractivity contribution in [3.05, 3.63) is 29.1 Å². The molecule has 5 nitrogen and oxygen atoms in total. The summed E-state index contributed by atoms with van der Waals surface area (Å²) >= 11 is 0. The van der Waals surface area contributed by atoms with Crippen molar-refractivity contribution in [2.45, 2.75) is 59.0 Å². The van der Waals surface area contributed by atoms with Gasteiger partial charge < -0.3 is 10.2 Å². The third-order valence-corrected chi connectivity index (χ3v) is 6.33. The lowest BCUT2D eigenvalue weighted by molar-refractivity contribution is -0.125. The zero-order valence-corrected chi connectivity index (χ0v) is 16.8. The first-order valence-electron chi connectivity index (χ1n) is 10.0. The summed E-state index contributed by atoms with van der Waals surface area (Å²) in [6.07, 6.45) is 6.42. The minimum absolute atomic E-state index is 0.0258. The van der Waals surface area contributed by atoms with Crippen LogP contribution in [-0.2, 0) is 11.3 Å². The number of aryl methyl sites for hydroxylation is 2. The van der Waals surface area contributed by atoms with Gasteiger partial charge in [0, 0.05) is 25.0 Å². The zero-order valence-electron chi connectivity index (χ0n) is 16.8. The lowest BCUT2D eigenvalue weighted by Gasteiger charge is -2.37. The van der Waals surface area contributed by atoms with Gasteiger partial charge in [0.05, 0.1) is 6.04 Å². The van der Waals surface area contributed by atoms with Crippen LogP contribution in [0.4, 0.5) is 0 Å². The Labute approximate surface area is 158 Å². The van der Waals surface area contributed by atoms with E-state index in [0.29, 0.717) is 12.0 Å². The molecule has 1 spiro atoms. The number of carbonyl (C=O) groups is 1. The van der Waals surface area contributed by atoms with Crippen molar-refractivity contribution < 1.29 is 4.79 Å². The van der Waals surface area contributed by atoms with Crippen molar-refractivity contribution in [1.82, 2.24) is 20.1 Å². The van der Waals surface area contributed by atoms with Gasteiger partial charge in [-0.3, -0.25) is 14.7 Å². The average molecular weight is 359 g/mol. The topological polar surface area (TPSA) is 48.5 Å². The summed E-state index contributed by atoms with van der Waals surface area (Å²) in [4.78, 5) is 22.2. The second kappa shape index (κ2) is 8.05. The normalized spacial score (nSPS) is 23.5. The van der Waals surface area contributed by atoms with Gasteiger partial charge in [-0.05, 0) is 82.8 Å². The van der Waals surface area contributed by atoms with Crippen molar-refractivity contribution in [1.29, 1.82) is 0 Å². The molecule has 0 aliphatic carbocycles. The Morgan fingerprint density at radius 2 is 2.08 bits per heavy atom. The fraction of sp³-hybridized carbons (Fsp3) is 0.714. The first kappa shape index (κ1) is 19.3. The number of nitrogens with zero attached hydrogens (tertiary/aromatic N) is 3. The maximum absolute atomic E-state index is 13.0. The molecule has 1 N–H and O–H groups in total. The summed E-state index contributed by atoms with van der Waals surface area (Å²) in [5.41, 5.74) is 3.64. The van der Waals surface area contributed by atoms with E-state index in [2.05, 4.69) is 47.1 Å². The van der Waals surface area contributed by atoms with Crippen LogP contribution in [0.15, 0.2) is 12.3 Å². The molecule has 0 bridgehead atoms. The van der Waals surface area contributed by atoms with Crippen molar-refractivity contribution in [2.75, 3.05) is 33.2 Å². The first-order valence-corrected chi connectivity index (χ1v) is 10.0. The quantitative estimate of drug-likeness (QED) is 0.879. The van der Waals surface area contributed by atoms with Gasteiger partial charge in [0.2, 0.25) is 5.91 Å². The van der Waals surface area contributed by atoms with Gasteiger partial charge in [-0.15, -0.1) is 0 Å². The van der Waals surface area contributed by atoms with E-state index in [1.165, 1.54) is 18.4 Å². The maximum atomic E-state index is 13.0. The van der Waals surface area contributed by atoms with Crippen LogP contribution in [-0.4, -0.2) is 60.0 Å². The van der Waals surface area contributed by atoms with Crippen molar-refractivity contribution >= 4 is 5.91 Å². The third-order valence-electron chi connectivity index (χ3n) is 6.33. The largest absolute Gasteiger partial charge is 0.351 e. The summed E-state index contributed by atoms with van der Waals surface area (Å²) in [6, 6.07) is 2.15. The number of hydrogen-bond acceptors (Lipinski definition) is 4. The SMILES string of the molecule is CCCN1CC2(CCN(C)CC2)C[C@@H]1C(=O)NCc1cnc(C)c(C)c1. The highest BCUT2D eigenvalue weighted by Crippen LogP contribution is 2.43. The maximum Gasteiger partial charge on any atom is 0.237 e. The van der Waals surface area contributed by atoms with Crippen LogP contribution in [0, 0.1) is 19.3 Å². The molecule has 2 aliphatic heterocycles. The number of amides is 1. The Balaban J connectivity index is 1.63. The van der Waals surface area contributed by atoms with Crippen LogP contribution in [0.5, 0.6) is 0 Å². The second-order valence-corrected chi connectivity index (χ2v) is 8.46. The van der Waals surface area contributed by atoms with E-state index in [1.54, 1.807) is 0 Å². The molecule has 1 amide bonds. The molecule has 5 heteroatoms. The Bertz CT molecular complexity index is 637. The van der Waals surface area contributed by atoms with Crippen LogP contribution in [0.25, 0.3) is 0 Å². The number of aromatic nitrogens is 1. The molecule has 1 aromatic rings. The summed E-state index contributed by atoms with van der Waals surface area (Å²) in [6.45, 7) is 11.3. The standard InChI is InChI=1S/C21H34N4O/c1-5-8-25-15-21(6-9-24(4)10-7-21)12-19(25)20(26)23-14-18-11-16(2)17(3)22-13-18/h11,13,19H,5-10,12,14-15H2,1-4H3,(H,23,26)/t19-/m1/s1. The van der Waals surface area contributed by atoms with Crippen LogP contribution < -0.4 is 5.32 Å². The van der Waals surface area contributed by atoms with Crippen molar-refractivity contribution in [3.8, 4) is 0 Å². The minimum Gasteiger partial charge on any atom is -0.351 e. The van der Waals surface area contributed by atoms with Gasteiger partial charge in [-0.1, -0.05) is 13.0 Å². The fourth-order valence-electron chi connectivity index (χ4n) is 4.49. The predicted octanol–water partition coefficient (Wildman–Crippen LogP) is 2.51. The lowest BCUT2D eigenvalue weighted by atomic mass is 9.76. The van der Waals surface area contributed by atoms with E-state index < -0.39 is 0 Å². The first-order chi connectivity index (χ1) is 12.4. The Morgan fingerprint density at radius 3 is 2.73 bits per heavy atom. The average Bonchev–Trinajstić information content (AvgIpc) is 2.97. The van der Waals surface area contributed by atoms with E-state index in [1.807, 2.05) is 13.1 Å². The van der Waals surface area contributed by atoms with E-state index in [9.17, 15) is 4.79 Å². The predicted molar refractivity (Wildman–Crippen MR) is 105 cm³/mol. The molecule has 1 aromatic heterocycles. The van der Waals surface area contributed by atoms with Gasteiger partial charge in [0.1, 0.15) is 0 Å². The van der Waals surface area contributed by atoms with Crippen LogP contribution in [0.2, 0.25) is 0 Å². The Hall–Kier alpha value is -1.46. The van der Waals surface area contributed by atoms with Gasteiger partial charge in [0.25, 0.3) is 0 Å². The fourth-order valence-corrected chi connectivity index (χ4v) is 4.49. The number of likely N-dealkylation sites (tertiary alicyclic amines) is 2. The number of carbonyl (C=O) groups excluding carboxylic acids is 1. The molecule has 3 heterocycles. The highest BCUT2D eigenvalue weighted by molar-refractivity contribution is 5.82. The molecule has 0 saturated carbocycles. The number of nitrogens with one attached hydrogen (secondary N) is 1. The second-order valence-electron chi connectivity index (χ2n) is 8.46. The van der Waals surface area contributed by atoms with E-state index in [-0.39, 0.29) is 11.9 Å². The van der Waals surface area contributed by atoms with Crippen molar-refractivity contribution in [3.63, 3.8) is 0 Å². The zero-order chi connectivity index (χ0) is 18.7. The minimum atomic E-state index is 0.0258. The highest BCUT2D eigenvalue weighted by Gasteiger charge is 2.47.